The van der Waals surface area contributed by atoms with Crippen LogP contribution in [0.25, 0.3) is 0 Å². The van der Waals surface area contributed by atoms with E-state index in [1.165, 1.54) is 6.20 Å². The second kappa shape index (κ2) is 6.04. The zero-order valence-electron chi connectivity index (χ0n) is 10.4. The highest BCUT2D eigenvalue weighted by Gasteiger charge is 2.36. The summed E-state index contributed by atoms with van der Waals surface area (Å²) in [5.41, 5.74) is -1.23. The van der Waals surface area contributed by atoms with Crippen molar-refractivity contribution in [3.63, 3.8) is 0 Å². The number of hydrogen-bond acceptors (Lipinski definition) is 4. The van der Waals surface area contributed by atoms with E-state index in [4.69, 9.17) is 9.63 Å². The van der Waals surface area contributed by atoms with Crippen LogP contribution in [0.4, 0.5) is 4.79 Å². The van der Waals surface area contributed by atoms with Crippen molar-refractivity contribution in [1.29, 1.82) is 0 Å². The van der Waals surface area contributed by atoms with Crippen LogP contribution in [0.2, 0.25) is 0 Å². The van der Waals surface area contributed by atoms with Crippen LogP contribution >= 0.6 is 0 Å². The fraction of sp³-hybridized carbons (Fsp3) is 0.545. The van der Waals surface area contributed by atoms with Gasteiger partial charge in [0.15, 0.2) is 5.76 Å². The van der Waals surface area contributed by atoms with Gasteiger partial charge in [0.2, 0.25) is 0 Å². The van der Waals surface area contributed by atoms with E-state index in [0.29, 0.717) is 18.6 Å². The third kappa shape index (κ3) is 3.22. The average molecular weight is 255 g/mol. The normalized spacial score (nSPS) is 11.0. The van der Waals surface area contributed by atoms with Gasteiger partial charge in [-0.2, -0.15) is 0 Å². The minimum absolute atomic E-state index is 0.162. The molecule has 0 fully saturated rings. The molecule has 0 aliphatic rings. The first-order valence-corrected chi connectivity index (χ1v) is 5.73. The molecule has 0 saturated carbocycles. The van der Waals surface area contributed by atoms with Crippen molar-refractivity contribution in [1.82, 2.24) is 15.8 Å². The molecule has 0 aliphatic carbocycles. The Morgan fingerprint density at radius 2 is 2.11 bits per heavy atom. The van der Waals surface area contributed by atoms with Gasteiger partial charge in [0.1, 0.15) is 5.54 Å². The van der Waals surface area contributed by atoms with Gasteiger partial charge < -0.3 is 20.3 Å². The van der Waals surface area contributed by atoms with E-state index in [2.05, 4.69) is 15.8 Å². The summed E-state index contributed by atoms with van der Waals surface area (Å²) in [6.45, 7) is 3.59. The van der Waals surface area contributed by atoms with Crippen molar-refractivity contribution in [2.75, 3.05) is 0 Å². The maximum Gasteiger partial charge on any atom is 0.329 e. The predicted molar refractivity (Wildman–Crippen MR) is 62.8 cm³/mol. The molecule has 0 unspecified atom stereocenters. The van der Waals surface area contributed by atoms with Gasteiger partial charge in [-0.25, -0.2) is 9.59 Å². The number of carboxylic acids is 1. The van der Waals surface area contributed by atoms with E-state index in [-0.39, 0.29) is 6.54 Å². The lowest BCUT2D eigenvalue weighted by atomic mass is 9.93. The number of rotatable bonds is 6. The molecule has 18 heavy (non-hydrogen) atoms. The number of urea groups is 1. The Morgan fingerprint density at radius 3 is 2.56 bits per heavy atom. The summed E-state index contributed by atoms with van der Waals surface area (Å²) in [6, 6.07) is 1.07. The van der Waals surface area contributed by atoms with Crippen LogP contribution in [0, 0.1) is 0 Å². The van der Waals surface area contributed by atoms with Crippen molar-refractivity contribution in [2.45, 2.75) is 38.8 Å². The van der Waals surface area contributed by atoms with Gasteiger partial charge in [-0.15, -0.1) is 0 Å². The number of amides is 2. The van der Waals surface area contributed by atoms with Crippen LogP contribution in [0.15, 0.2) is 16.8 Å². The Morgan fingerprint density at radius 1 is 1.44 bits per heavy atom. The summed E-state index contributed by atoms with van der Waals surface area (Å²) in [6.07, 6.45) is 2.09. The standard InChI is InChI=1S/C11H17N3O4/c1-3-11(4-2,9(15)16)14-10(17)12-7-8-5-6-13-18-8/h5-6H,3-4,7H2,1-2H3,(H,15,16)(H2,12,14,17). The molecular weight excluding hydrogens is 238 g/mol. The monoisotopic (exact) mass is 255 g/mol. The number of nitrogens with one attached hydrogen (secondary N) is 2. The Hall–Kier alpha value is -2.05. The second-order valence-electron chi connectivity index (χ2n) is 3.88. The van der Waals surface area contributed by atoms with Crippen LogP contribution in [0.1, 0.15) is 32.4 Å². The first-order valence-electron chi connectivity index (χ1n) is 5.73. The number of carboxylic acid groups (broad SMARTS) is 1. The molecule has 0 aliphatic heterocycles. The predicted octanol–water partition coefficient (Wildman–Crippen LogP) is 1.12. The molecule has 0 atom stereocenters. The summed E-state index contributed by atoms with van der Waals surface area (Å²) >= 11 is 0. The van der Waals surface area contributed by atoms with Crippen LogP contribution in [0.3, 0.4) is 0 Å². The molecule has 1 heterocycles. The van der Waals surface area contributed by atoms with Crippen LogP contribution in [-0.4, -0.2) is 27.8 Å². The molecule has 1 aromatic rings. The van der Waals surface area contributed by atoms with Crippen LogP contribution < -0.4 is 10.6 Å². The number of hydrogen-bond donors (Lipinski definition) is 3. The van der Waals surface area contributed by atoms with E-state index in [1.54, 1.807) is 19.9 Å². The SMILES string of the molecule is CCC(CC)(NC(=O)NCc1ccno1)C(=O)O. The molecule has 1 rings (SSSR count). The molecule has 0 aromatic carbocycles. The Labute approximate surface area is 105 Å². The van der Waals surface area contributed by atoms with E-state index in [1.807, 2.05) is 0 Å². The Bertz CT molecular complexity index is 398. The summed E-state index contributed by atoms with van der Waals surface area (Å²) in [4.78, 5) is 22.8. The molecule has 0 bridgehead atoms. The average Bonchev–Trinajstić information content (AvgIpc) is 2.86. The first-order chi connectivity index (χ1) is 8.54. The van der Waals surface area contributed by atoms with E-state index in [9.17, 15) is 9.59 Å². The van der Waals surface area contributed by atoms with Gasteiger partial charge in [0.25, 0.3) is 0 Å². The molecule has 0 radical (unpaired) electrons. The number of carbonyl (C=O) groups excluding carboxylic acids is 1. The second-order valence-corrected chi connectivity index (χ2v) is 3.88. The highest BCUT2D eigenvalue weighted by atomic mass is 16.5. The third-order valence-electron chi connectivity index (χ3n) is 2.88. The van der Waals surface area contributed by atoms with Gasteiger partial charge in [0, 0.05) is 6.07 Å². The third-order valence-corrected chi connectivity index (χ3v) is 2.88. The van der Waals surface area contributed by atoms with Crippen molar-refractivity contribution < 1.29 is 19.2 Å². The maximum absolute atomic E-state index is 11.6. The molecule has 7 nitrogen and oxygen atoms in total. The van der Waals surface area contributed by atoms with E-state index >= 15 is 0 Å². The van der Waals surface area contributed by atoms with Crippen molar-refractivity contribution in [3.8, 4) is 0 Å². The smallest absolute Gasteiger partial charge is 0.329 e. The fourth-order valence-electron chi connectivity index (χ4n) is 1.54. The fourth-order valence-corrected chi connectivity index (χ4v) is 1.54. The lowest BCUT2D eigenvalue weighted by molar-refractivity contribution is -0.144. The van der Waals surface area contributed by atoms with Crippen LogP contribution in [0.5, 0.6) is 0 Å². The summed E-state index contributed by atoms with van der Waals surface area (Å²) in [5.74, 6) is -0.540. The largest absolute Gasteiger partial charge is 0.480 e. The minimum Gasteiger partial charge on any atom is -0.480 e. The van der Waals surface area contributed by atoms with Crippen molar-refractivity contribution in [3.05, 3.63) is 18.0 Å². The molecule has 3 N–H and O–H groups in total. The van der Waals surface area contributed by atoms with Crippen molar-refractivity contribution in [2.24, 2.45) is 0 Å². The molecular formula is C11H17N3O4. The molecule has 1 aromatic heterocycles. The van der Waals surface area contributed by atoms with Crippen molar-refractivity contribution >= 4 is 12.0 Å². The van der Waals surface area contributed by atoms with Gasteiger partial charge in [-0.05, 0) is 12.8 Å². The summed E-state index contributed by atoms with van der Waals surface area (Å²) in [7, 11) is 0. The highest BCUT2D eigenvalue weighted by Crippen LogP contribution is 2.15. The number of nitrogens with zero attached hydrogens (tertiary/aromatic N) is 1. The van der Waals surface area contributed by atoms with E-state index < -0.39 is 17.5 Å². The number of aliphatic carboxylic acids is 1. The zero-order valence-corrected chi connectivity index (χ0v) is 10.4. The lowest BCUT2D eigenvalue weighted by Crippen LogP contribution is -2.56. The highest BCUT2D eigenvalue weighted by molar-refractivity contribution is 5.86. The topological polar surface area (TPSA) is 104 Å². The molecule has 0 saturated heterocycles. The molecule has 0 spiro atoms. The maximum atomic E-state index is 11.6. The van der Waals surface area contributed by atoms with E-state index in [0.717, 1.165) is 0 Å². The summed E-state index contributed by atoms with van der Waals surface area (Å²) < 4.78 is 4.81. The molecule has 7 heteroatoms. The van der Waals surface area contributed by atoms with Gasteiger partial charge >= 0.3 is 12.0 Å². The Balaban J connectivity index is 2.54. The van der Waals surface area contributed by atoms with Crippen LogP contribution in [-0.2, 0) is 11.3 Å². The zero-order chi connectivity index (χ0) is 13.6. The lowest BCUT2D eigenvalue weighted by Gasteiger charge is -2.27. The van der Waals surface area contributed by atoms with Gasteiger partial charge in [0.05, 0.1) is 12.7 Å². The number of aromatic nitrogens is 1. The number of carbonyl (C=O) groups is 2. The minimum atomic E-state index is -1.23. The quantitative estimate of drug-likeness (QED) is 0.706. The summed E-state index contributed by atoms with van der Waals surface area (Å²) in [5, 5.41) is 17.6. The van der Waals surface area contributed by atoms with Gasteiger partial charge in [-0.1, -0.05) is 19.0 Å². The molecule has 2 amide bonds. The molecule has 100 valence electrons. The van der Waals surface area contributed by atoms with Gasteiger partial charge in [-0.3, -0.25) is 0 Å². The first kappa shape index (κ1) is 14.0. The Kier molecular flexibility index (Phi) is 4.70.